The molecule has 0 aromatic heterocycles. The molecule has 12 heavy (non-hydrogen) atoms. The molecule has 1 aliphatic carbocycles. The van der Waals surface area contributed by atoms with Gasteiger partial charge in [-0.2, -0.15) is 0 Å². The van der Waals surface area contributed by atoms with E-state index in [9.17, 15) is 0 Å². The fourth-order valence-electron chi connectivity index (χ4n) is 1.73. The van der Waals surface area contributed by atoms with Gasteiger partial charge in [0.25, 0.3) is 0 Å². The van der Waals surface area contributed by atoms with E-state index < -0.39 is 0 Å². The lowest BCUT2D eigenvalue weighted by atomic mass is 9.85. The van der Waals surface area contributed by atoms with Crippen molar-refractivity contribution in [2.24, 2.45) is 11.7 Å². The van der Waals surface area contributed by atoms with E-state index >= 15 is 0 Å². The molecule has 0 atom stereocenters. The van der Waals surface area contributed by atoms with Crippen molar-refractivity contribution in [1.82, 2.24) is 4.90 Å². The van der Waals surface area contributed by atoms with Gasteiger partial charge in [-0.15, -0.1) is 0 Å². The molecule has 0 aromatic carbocycles. The van der Waals surface area contributed by atoms with Crippen LogP contribution in [0, 0.1) is 5.92 Å². The Balaban J connectivity index is 2.06. The number of hydrogen-bond donors (Lipinski definition) is 1. The van der Waals surface area contributed by atoms with Crippen molar-refractivity contribution < 1.29 is 0 Å². The molecule has 1 aliphatic rings. The van der Waals surface area contributed by atoms with Crippen LogP contribution in [0.3, 0.4) is 0 Å². The average molecular weight is 170 g/mol. The predicted molar refractivity (Wildman–Crippen MR) is 53.1 cm³/mol. The topological polar surface area (TPSA) is 29.3 Å². The van der Waals surface area contributed by atoms with E-state index in [1.54, 1.807) is 0 Å². The Bertz CT molecular complexity index is 110. The maximum absolute atomic E-state index is 5.48. The Labute approximate surface area is 76.1 Å². The zero-order valence-corrected chi connectivity index (χ0v) is 8.26. The zero-order valence-electron chi connectivity index (χ0n) is 8.26. The van der Waals surface area contributed by atoms with Gasteiger partial charge in [0.1, 0.15) is 0 Å². The predicted octanol–water partition coefficient (Wildman–Crippen LogP) is 1.46. The van der Waals surface area contributed by atoms with E-state index in [2.05, 4.69) is 11.8 Å². The lowest BCUT2D eigenvalue weighted by Crippen LogP contribution is -2.33. The Morgan fingerprint density at radius 2 is 2.17 bits per heavy atom. The molecule has 72 valence electrons. The average Bonchev–Trinajstić information content (AvgIpc) is 2.02. The largest absolute Gasteiger partial charge is 0.330 e. The van der Waals surface area contributed by atoms with Crippen molar-refractivity contribution in [2.75, 3.05) is 26.2 Å². The second-order valence-corrected chi connectivity index (χ2v) is 3.83. The molecule has 2 nitrogen and oxygen atoms in total. The van der Waals surface area contributed by atoms with E-state index in [4.69, 9.17) is 5.73 Å². The third-order valence-electron chi connectivity index (χ3n) is 2.87. The highest BCUT2D eigenvalue weighted by atomic mass is 15.1. The van der Waals surface area contributed by atoms with Crippen LogP contribution in [0.5, 0.6) is 0 Å². The number of rotatable bonds is 6. The summed E-state index contributed by atoms with van der Waals surface area (Å²) in [5.41, 5.74) is 5.48. The molecule has 0 aliphatic heterocycles. The molecule has 0 bridgehead atoms. The first kappa shape index (κ1) is 10.0. The van der Waals surface area contributed by atoms with Gasteiger partial charge in [-0.25, -0.2) is 0 Å². The molecule has 0 amide bonds. The first-order valence-corrected chi connectivity index (χ1v) is 5.29. The van der Waals surface area contributed by atoms with E-state index in [0.29, 0.717) is 0 Å². The van der Waals surface area contributed by atoms with Gasteiger partial charge in [0, 0.05) is 6.54 Å². The van der Waals surface area contributed by atoms with Gasteiger partial charge in [0.2, 0.25) is 0 Å². The molecular weight excluding hydrogens is 148 g/mol. The van der Waals surface area contributed by atoms with Crippen molar-refractivity contribution in [3.05, 3.63) is 0 Å². The second-order valence-electron chi connectivity index (χ2n) is 3.83. The first-order chi connectivity index (χ1) is 5.86. The third kappa shape index (κ3) is 3.11. The fourth-order valence-corrected chi connectivity index (χ4v) is 1.73. The molecular formula is C10H22N2. The van der Waals surface area contributed by atoms with Crippen LogP contribution >= 0.6 is 0 Å². The number of nitrogens with two attached hydrogens (primary N) is 1. The van der Waals surface area contributed by atoms with Crippen LogP contribution in [0.4, 0.5) is 0 Å². The Hall–Kier alpha value is -0.0800. The summed E-state index contributed by atoms with van der Waals surface area (Å²) in [6.45, 7) is 6.78. The lowest BCUT2D eigenvalue weighted by Gasteiger charge is -2.31. The van der Waals surface area contributed by atoms with E-state index in [1.165, 1.54) is 38.9 Å². The van der Waals surface area contributed by atoms with Gasteiger partial charge in [0.15, 0.2) is 0 Å². The van der Waals surface area contributed by atoms with E-state index in [0.717, 1.165) is 18.9 Å². The highest BCUT2D eigenvalue weighted by Crippen LogP contribution is 2.26. The van der Waals surface area contributed by atoms with Crippen LogP contribution < -0.4 is 5.73 Å². The molecule has 1 saturated carbocycles. The standard InChI is InChI=1S/C10H22N2/c1-2-12(8-4-7-11)9-10-5-3-6-10/h10H,2-9,11H2,1H3. The molecule has 1 fully saturated rings. The normalized spacial score (nSPS) is 18.2. The molecule has 0 heterocycles. The Morgan fingerprint density at radius 1 is 1.42 bits per heavy atom. The van der Waals surface area contributed by atoms with Crippen LogP contribution in [0.1, 0.15) is 32.6 Å². The highest BCUT2D eigenvalue weighted by molar-refractivity contribution is 4.73. The minimum absolute atomic E-state index is 0.834. The van der Waals surface area contributed by atoms with Gasteiger partial charge in [-0.1, -0.05) is 13.3 Å². The van der Waals surface area contributed by atoms with Crippen molar-refractivity contribution in [2.45, 2.75) is 32.6 Å². The minimum atomic E-state index is 0.834. The number of hydrogen-bond acceptors (Lipinski definition) is 2. The second kappa shape index (κ2) is 5.55. The van der Waals surface area contributed by atoms with E-state index in [1.807, 2.05) is 0 Å². The smallest absolute Gasteiger partial charge is 0.000955 e. The van der Waals surface area contributed by atoms with E-state index in [-0.39, 0.29) is 0 Å². The summed E-state index contributed by atoms with van der Waals surface area (Å²) in [6, 6.07) is 0. The molecule has 0 radical (unpaired) electrons. The third-order valence-corrected chi connectivity index (χ3v) is 2.87. The summed E-state index contributed by atoms with van der Waals surface area (Å²) >= 11 is 0. The van der Waals surface area contributed by atoms with Crippen molar-refractivity contribution in [3.8, 4) is 0 Å². The summed E-state index contributed by atoms with van der Waals surface area (Å²) in [5.74, 6) is 1.00. The quantitative estimate of drug-likeness (QED) is 0.654. The summed E-state index contributed by atoms with van der Waals surface area (Å²) in [5, 5.41) is 0. The fraction of sp³-hybridized carbons (Fsp3) is 1.00. The monoisotopic (exact) mass is 170 g/mol. The molecule has 2 N–H and O–H groups in total. The maximum Gasteiger partial charge on any atom is 0.000955 e. The number of nitrogens with zero attached hydrogens (tertiary/aromatic N) is 1. The van der Waals surface area contributed by atoms with Gasteiger partial charge in [-0.3, -0.25) is 0 Å². The van der Waals surface area contributed by atoms with Gasteiger partial charge in [0.05, 0.1) is 0 Å². The van der Waals surface area contributed by atoms with Crippen LogP contribution in [-0.2, 0) is 0 Å². The van der Waals surface area contributed by atoms with Crippen LogP contribution in [-0.4, -0.2) is 31.1 Å². The van der Waals surface area contributed by atoms with Gasteiger partial charge in [-0.05, 0) is 44.8 Å². The molecule has 0 saturated heterocycles. The molecule has 0 aromatic rings. The SMILES string of the molecule is CCN(CCCN)CC1CCC1. The molecule has 0 spiro atoms. The lowest BCUT2D eigenvalue weighted by molar-refractivity contribution is 0.183. The van der Waals surface area contributed by atoms with Gasteiger partial charge >= 0.3 is 0 Å². The summed E-state index contributed by atoms with van der Waals surface area (Å²) in [4.78, 5) is 2.54. The Morgan fingerprint density at radius 3 is 2.58 bits per heavy atom. The van der Waals surface area contributed by atoms with Crippen LogP contribution in [0.25, 0.3) is 0 Å². The maximum atomic E-state index is 5.48. The molecule has 1 rings (SSSR count). The summed E-state index contributed by atoms with van der Waals surface area (Å²) in [7, 11) is 0. The van der Waals surface area contributed by atoms with Crippen molar-refractivity contribution in [1.29, 1.82) is 0 Å². The molecule has 0 unspecified atom stereocenters. The summed E-state index contributed by atoms with van der Waals surface area (Å²) < 4.78 is 0. The van der Waals surface area contributed by atoms with Crippen LogP contribution in [0.15, 0.2) is 0 Å². The minimum Gasteiger partial charge on any atom is -0.330 e. The van der Waals surface area contributed by atoms with Crippen molar-refractivity contribution in [3.63, 3.8) is 0 Å². The zero-order chi connectivity index (χ0) is 8.81. The molecule has 2 heteroatoms. The summed E-state index contributed by atoms with van der Waals surface area (Å²) in [6.07, 6.45) is 5.53. The van der Waals surface area contributed by atoms with Crippen molar-refractivity contribution >= 4 is 0 Å². The highest BCUT2D eigenvalue weighted by Gasteiger charge is 2.19. The van der Waals surface area contributed by atoms with Gasteiger partial charge < -0.3 is 10.6 Å². The Kier molecular flexibility index (Phi) is 4.62. The van der Waals surface area contributed by atoms with Crippen LogP contribution in [0.2, 0.25) is 0 Å². The first-order valence-electron chi connectivity index (χ1n) is 5.29.